The molecule has 6 nitrogen and oxygen atoms in total. The van der Waals surface area contributed by atoms with Crippen LogP contribution in [0.1, 0.15) is 9.67 Å². The summed E-state index contributed by atoms with van der Waals surface area (Å²) in [7, 11) is 0. The fourth-order valence-electron chi connectivity index (χ4n) is 2.71. The molecule has 0 spiro atoms. The first-order chi connectivity index (χ1) is 11.8. The molecule has 1 saturated heterocycles. The monoisotopic (exact) mass is 340 g/mol. The first-order valence-electron chi connectivity index (χ1n) is 7.78. The van der Waals surface area contributed by atoms with Crippen molar-refractivity contribution in [2.75, 3.05) is 31.1 Å². The van der Waals surface area contributed by atoms with Gasteiger partial charge in [-0.25, -0.2) is 0 Å². The molecule has 4 rings (SSSR count). The van der Waals surface area contributed by atoms with Crippen LogP contribution in [0, 0.1) is 0 Å². The molecule has 2 aromatic heterocycles. The van der Waals surface area contributed by atoms with Crippen LogP contribution in [-0.2, 0) is 0 Å². The highest BCUT2D eigenvalue weighted by atomic mass is 32.1. The Labute approximate surface area is 143 Å². The van der Waals surface area contributed by atoms with Crippen LogP contribution in [0.5, 0.6) is 0 Å². The van der Waals surface area contributed by atoms with Crippen molar-refractivity contribution in [2.45, 2.75) is 0 Å². The first-order valence-corrected chi connectivity index (χ1v) is 8.66. The number of piperazine rings is 1. The molecule has 0 bridgehead atoms. The van der Waals surface area contributed by atoms with Crippen molar-refractivity contribution < 1.29 is 9.32 Å². The molecular weight excluding hydrogens is 324 g/mol. The van der Waals surface area contributed by atoms with Crippen molar-refractivity contribution in [3.63, 3.8) is 0 Å². The van der Waals surface area contributed by atoms with Gasteiger partial charge in [0, 0.05) is 31.7 Å². The average Bonchev–Trinajstić information content (AvgIpc) is 3.34. The summed E-state index contributed by atoms with van der Waals surface area (Å²) >= 11 is 1.48. The molecule has 1 aliphatic rings. The number of benzene rings is 1. The number of hydrogen-bond acceptors (Lipinski definition) is 6. The van der Waals surface area contributed by atoms with Gasteiger partial charge in [-0.3, -0.25) is 4.79 Å². The molecule has 0 radical (unpaired) electrons. The molecule has 0 N–H and O–H groups in total. The quantitative estimate of drug-likeness (QED) is 0.734. The second-order valence-electron chi connectivity index (χ2n) is 5.52. The molecule has 0 aliphatic carbocycles. The molecule has 1 aliphatic heterocycles. The first kappa shape index (κ1) is 14.9. The van der Waals surface area contributed by atoms with Gasteiger partial charge in [-0.1, -0.05) is 24.3 Å². The molecule has 3 aromatic rings. The van der Waals surface area contributed by atoms with Gasteiger partial charge in [0.05, 0.1) is 4.88 Å². The van der Waals surface area contributed by atoms with E-state index in [1.165, 1.54) is 11.3 Å². The van der Waals surface area contributed by atoms with Crippen molar-refractivity contribution in [3.05, 3.63) is 52.7 Å². The van der Waals surface area contributed by atoms with Crippen LogP contribution in [0.4, 0.5) is 5.95 Å². The van der Waals surface area contributed by atoms with Gasteiger partial charge in [-0.2, -0.15) is 4.98 Å². The summed E-state index contributed by atoms with van der Waals surface area (Å²) in [6, 6.07) is 13.5. The number of amides is 1. The maximum absolute atomic E-state index is 12.4. The highest BCUT2D eigenvalue weighted by Gasteiger charge is 2.25. The largest absolute Gasteiger partial charge is 0.335 e. The summed E-state index contributed by atoms with van der Waals surface area (Å²) in [6.45, 7) is 2.72. The molecule has 7 heteroatoms. The Balaban J connectivity index is 1.41. The van der Waals surface area contributed by atoms with Gasteiger partial charge in [-0.05, 0) is 28.7 Å². The summed E-state index contributed by atoms with van der Waals surface area (Å²) in [6.07, 6.45) is 0. The summed E-state index contributed by atoms with van der Waals surface area (Å²) < 4.78 is 5.36. The van der Waals surface area contributed by atoms with E-state index in [1.807, 2.05) is 57.6 Å². The van der Waals surface area contributed by atoms with E-state index in [0.29, 0.717) is 38.0 Å². The van der Waals surface area contributed by atoms with Crippen molar-refractivity contribution >= 4 is 23.2 Å². The molecular formula is C17H16N4O2S. The predicted octanol–water partition coefficient (Wildman–Crippen LogP) is 2.76. The van der Waals surface area contributed by atoms with E-state index in [4.69, 9.17) is 4.52 Å². The topological polar surface area (TPSA) is 62.5 Å². The Morgan fingerprint density at radius 2 is 1.83 bits per heavy atom. The van der Waals surface area contributed by atoms with E-state index in [1.54, 1.807) is 0 Å². The summed E-state index contributed by atoms with van der Waals surface area (Å²) in [4.78, 5) is 21.5. The highest BCUT2D eigenvalue weighted by molar-refractivity contribution is 7.12. The number of carbonyl (C=O) groups is 1. The SMILES string of the molecule is O=C(c1cccs1)N1CCN(c2noc(-c3ccccc3)n2)CC1. The third kappa shape index (κ3) is 2.90. The van der Waals surface area contributed by atoms with Crippen molar-refractivity contribution in [1.29, 1.82) is 0 Å². The van der Waals surface area contributed by atoms with E-state index < -0.39 is 0 Å². The van der Waals surface area contributed by atoms with E-state index >= 15 is 0 Å². The zero-order valence-corrected chi connectivity index (χ0v) is 13.8. The minimum Gasteiger partial charge on any atom is -0.335 e. The van der Waals surface area contributed by atoms with Crippen LogP contribution >= 0.6 is 11.3 Å². The zero-order chi connectivity index (χ0) is 16.4. The third-order valence-electron chi connectivity index (χ3n) is 4.02. The lowest BCUT2D eigenvalue weighted by Gasteiger charge is -2.33. The number of anilines is 1. The van der Waals surface area contributed by atoms with Gasteiger partial charge in [0.25, 0.3) is 17.7 Å². The van der Waals surface area contributed by atoms with Crippen LogP contribution in [0.2, 0.25) is 0 Å². The Hall–Kier alpha value is -2.67. The van der Waals surface area contributed by atoms with Crippen molar-refractivity contribution in [2.24, 2.45) is 0 Å². The van der Waals surface area contributed by atoms with Crippen LogP contribution in [0.25, 0.3) is 11.5 Å². The molecule has 3 heterocycles. The Kier molecular flexibility index (Phi) is 4.00. The zero-order valence-electron chi connectivity index (χ0n) is 13.0. The van der Waals surface area contributed by atoms with Crippen LogP contribution < -0.4 is 4.90 Å². The standard InChI is InChI=1S/C17H16N4O2S/c22-16(14-7-4-12-24-14)20-8-10-21(11-9-20)17-18-15(23-19-17)13-5-2-1-3-6-13/h1-7,12H,8-11H2. The van der Waals surface area contributed by atoms with Crippen molar-refractivity contribution in [1.82, 2.24) is 15.0 Å². The molecule has 1 fully saturated rings. The molecule has 1 aromatic carbocycles. The van der Waals surface area contributed by atoms with Crippen LogP contribution in [-0.4, -0.2) is 47.1 Å². The molecule has 122 valence electrons. The van der Waals surface area contributed by atoms with Gasteiger partial charge >= 0.3 is 0 Å². The minimum atomic E-state index is 0.0998. The lowest BCUT2D eigenvalue weighted by molar-refractivity contribution is 0.0751. The maximum Gasteiger partial charge on any atom is 0.266 e. The summed E-state index contributed by atoms with van der Waals surface area (Å²) in [5, 5.41) is 6.00. The van der Waals surface area contributed by atoms with Gasteiger partial charge in [-0.15, -0.1) is 11.3 Å². The van der Waals surface area contributed by atoms with E-state index in [2.05, 4.69) is 10.1 Å². The normalized spacial score (nSPS) is 14.8. The third-order valence-corrected chi connectivity index (χ3v) is 4.88. The maximum atomic E-state index is 12.4. The highest BCUT2D eigenvalue weighted by Crippen LogP contribution is 2.21. The molecule has 1 amide bonds. The Morgan fingerprint density at radius 1 is 1.04 bits per heavy atom. The predicted molar refractivity (Wildman–Crippen MR) is 92.2 cm³/mol. The lowest BCUT2D eigenvalue weighted by atomic mass is 10.2. The molecule has 24 heavy (non-hydrogen) atoms. The van der Waals surface area contributed by atoms with Crippen molar-refractivity contribution in [3.8, 4) is 11.5 Å². The average molecular weight is 340 g/mol. The molecule has 0 saturated carbocycles. The van der Waals surface area contributed by atoms with Gasteiger partial charge in [0.1, 0.15) is 0 Å². The number of nitrogens with zero attached hydrogens (tertiary/aromatic N) is 4. The van der Waals surface area contributed by atoms with E-state index in [-0.39, 0.29) is 5.91 Å². The number of rotatable bonds is 3. The molecule has 0 atom stereocenters. The number of carbonyl (C=O) groups excluding carboxylic acids is 1. The van der Waals surface area contributed by atoms with Gasteiger partial charge < -0.3 is 14.3 Å². The second kappa shape index (κ2) is 6.45. The minimum absolute atomic E-state index is 0.0998. The summed E-state index contributed by atoms with van der Waals surface area (Å²) in [5.41, 5.74) is 0.905. The number of hydrogen-bond donors (Lipinski definition) is 0. The summed E-state index contributed by atoms with van der Waals surface area (Å²) in [5.74, 6) is 1.20. The number of aromatic nitrogens is 2. The second-order valence-corrected chi connectivity index (χ2v) is 6.47. The Morgan fingerprint density at radius 3 is 2.54 bits per heavy atom. The Bertz CT molecular complexity index is 808. The number of thiophene rings is 1. The lowest BCUT2D eigenvalue weighted by Crippen LogP contribution is -2.49. The van der Waals surface area contributed by atoms with Gasteiger partial charge in [0.2, 0.25) is 0 Å². The van der Waals surface area contributed by atoms with Gasteiger partial charge in [0.15, 0.2) is 0 Å². The van der Waals surface area contributed by atoms with Crippen LogP contribution in [0.15, 0.2) is 52.4 Å². The van der Waals surface area contributed by atoms with E-state index in [0.717, 1.165) is 10.4 Å². The smallest absolute Gasteiger partial charge is 0.266 e. The van der Waals surface area contributed by atoms with Crippen LogP contribution in [0.3, 0.4) is 0 Å². The van der Waals surface area contributed by atoms with E-state index in [9.17, 15) is 4.79 Å². The molecule has 0 unspecified atom stereocenters. The fourth-order valence-corrected chi connectivity index (χ4v) is 3.40. The fraction of sp³-hybridized carbons (Fsp3) is 0.235.